The van der Waals surface area contributed by atoms with Crippen molar-refractivity contribution in [3.63, 3.8) is 0 Å². The fraction of sp³-hybridized carbons (Fsp3) is 0.636. The molecule has 2 N–H and O–H groups in total. The van der Waals surface area contributed by atoms with Crippen LogP contribution in [0.3, 0.4) is 0 Å². The molecule has 1 aromatic rings. The molecule has 0 aromatic carbocycles. The monoisotopic (exact) mass is 275 g/mol. The SMILES string of the molecule is CC(C)C(Cc1ccc(Br)s1)C(C)N. The summed E-state index contributed by atoms with van der Waals surface area (Å²) in [5.41, 5.74) is 5.99. The zero-order chi connectivity index (χ0) is 10.7. The summed E-state index contributed by atoms with van der Waals surface area (Å²) < 4.78 is 1.21. The lowest BCUT2D eigenvalue weighted by Gasteiger charge is -2.23. The number of halogens is 1. The topological polar surface area (TPSA) is 26.0 Å². The average Bonchev–Trinajstić information content (AvgIpc) is 2.46. The Morgan fingerprint density at radius 1 is 1.36 bits per heavy atom. The molecule has 3 heteroatoms. The van der Waals surface area contributed by atoms with Crippen molar-refractivity contribution in [1.29, 1.82) is 0 Å². The zero-order valence-corrected chi connectivity index (χ0v) is 11.4. The van der Waals surface area contributed by atoms with Gasteiger partial charge in [-0.25, -0.2) is 0 Å². The lowest BCUT2D eigenvalue weighted by Crippen LogP contribution is -2.31. The van der Waals surface area contributed by atoms with Crippen LogP contribution < -0.4 is 5.73 Å². The normalized spacial score (nSPS) is 15.9. The summed E-state index contributed by atoms with van der Waals surface area (Å²) in [5.74, 6) is 1.23. The van der Waals surface area contributed by atoms with Crippen LogP contribution in [0.4, 0.5) is 0 Å². The molecule has 0 radical (unpaired) electrons. The fourth-order valence-electron chi connectivity index (χ4n) is 1.72. The summed E-state index contributed by atoms with van der Waals surface area (Å²) in [6.45, 7) is 6.60. The molecule has 0 saturated heterocycles. The summed E-state index contributed by atoms with van der Waals surface area (Å²) in [6, 6.07) is 4.57. The highest BCUT2D eigenvalue weighted by molar-refractivity contribution is 9.11. The van der Waals surface area contributed by atoms with Crippen LogP contribution in [0, 0.1) is 11.8 Å². The van der Waals surface area contributed by atoms with Gasteiger partial charge in [0.05, 0.1) is 3.79 Å². The van der Waals surface area contributed by atoms with Crippen molar-refractivity contribution < 1.29 is 0 Å². The Bertz CT molecular complexity index is 273. The van der Waals surface area contributed by atoms with Gasteiger partial charge in [-0.1, -0.05) is 13.8 Å². The minimum Gasteiger partial charge on any atom is -0.328 e. The van der Waals surface area contributed by atoms with E-state index in [0.717, 1.165) is 6.42 Å². The van der Waals surface area contributed by atoms with Crippen LogP contribution in [0.1, 0.15) is 25.6 Å². The molecule has 0 aliphatic carbocycles. The summed E-state index contributed by atoms with van der Waals surface area (Å²) in [5, 5.41) is 0. The van der Waals surface area contributed by atoms with E-state index in [1.807, 2.05) is 11.3 Å². The number of rotatable bonds is 4. The van der Waals surface area contributed by atoms with Crippen molar-refractivity contribution in [3.05, 3.63) is 20.8 Å². The third-order valence-corrected chi connectivity index (χ3v) is 4.24. The van der Waals surface area contributed by atoms with Crippen molar-refractivity contribution in [2.45, 2.75) is 33.2 Å². The van der Waals surface area contributed by atoms with E-state index in [0.29, 0.717) is 11.8 Å². The van der Waals surface area contributed by atoms with Gasteiger partial charge in [0.2, 0.25) is 0 Å². The van der Waals surface area contributed by atoms with Gasteiger partial charge >= 0.3 is 0 Å². The molecule has 80 valence electrons. The number of thiophene rings is 1. The molecule has 0 aliphatic rings. The Balaban J connectivity index is 2.64. The standard InChI is InChI=1S/C11H18BrNS/c1-7(2)10(8(3)13)6-9-4-5-11(12)14-9/h4-5,7-8,10H,6,13H2,1-3H3. The van der Waals surface area contributed by atoms with Gasteiger partial charge in [0.15, 0.2) is 0 Å². The van der Waals surface area contributed by atoms with Crippen LogP contribution in [0.2, 0.25) is 0 Å². The Morgan fingerprint density at radius 3 is 2.36 bits per heavy atom. The highest BCUT2D eigenvalue weighted by Crippen LogP contribution is 2.27. The van der Waals surface area contributed by atoms with Crippen molar-refractivity contribution in [2.75, 3.05) is 0 Å². The van der Waals surface area contributed by atoms with Gasteiger partial charge in [-0.2, -0.15) is 0 Å². The van der Waals surface area contributed by atoms with E-state index in [1.54, 1.807) is 0 Å². The van der Waals surface area contributed by atoms with Gasteiger partial charge in [-0.05, 0) is 53.2 Å². The zero-order valence-electron chi connectivity index (χ0n) is 8.96. The molecule has 2 atom stereocenters. The van der Waals surface area contributed by atoms with Gasteiger partial charge in [-0.15, -0.1) is 11.3 Å². The first kappa shape index (κ1) is 12.2. The average molecular weight is 276 g/mol. The molecular weight excluding hydrogens is 258 g/mol. The molecule has 2 unspecified atom stereocenters. The number of hydrogen-bond donors (Lipinski definition) is 1. The Kier molecular flexibility index (Phi) is 4.61. The van der Waals surface area contributed by atoms with Crippen LogP contribution in [0.5, 0.6) is 0 Å². The van der Waals surface area contributed by atoms with E-state index in [4.69, 9.17) is 5.73 Å². The van der Waals surface area contributed by atoms with Crippen LogP contribution in [-0.4, -0.2) is 6.04 Å². The summed E-state index contributed by atoms with van der Waals surface area (Å²) in [6.07, 6.45) is 1.10. The second-order valence-corrected chi connectivity index (χ2v) is 6.72. The van der Waals surface area contributed by atoms with Gasteiger partial charge < -0.3 is 5.73 Å². The van der Waals surface area contributed by atoms with E-state index in [9.17, 15) is 0 Å². The molecule has 1 heterocycles. The maximum Gasteiger partial charge on any atom is 0.0701 e. The van der Waals surface area contributed by atoms with Crippen molar-refractivity contribution in [1.82, 2.24) is 0 Å². The second kappa shape index (κ2) is 5.29. The lowest BCUT2D eigenvalue weighted by atomic mass is 9.86. The minimum absolute atomic E-state index is 0.274. The first-order valence-corrected chi connectivity index (χ1v) is 6.61. The molecule has 0 fully saturated rings. The van der Waals surface area contributed by atoms with E-state index in [-0.39, 0.29) is 6.04 Å². The lowest BCUT2D eigenvalue weighted by molar-refractivity contribution is 0.332. The van der Waals surface area contributed by atoms with E-state index in [1.165, 1.54) is 8.66 Å². The van der Waals surface area contributed by atoms with Gasteiger partial charge in [0.25, 0.3) is 0 Å². The molecule has 0 amide bonds. The molecule has 0 bridgehead atoms. The van der Waals surface area contributed by atoms with Crippen molar-refractivity contribution in [2.24, 2.45) is 17.6 Å². The van der Waals surface area contributed by atoms with Crippen LogP contribution in [-0.2, 0) is 6.42 Å². The first-order valence-electron chi connectivity index (χ1n) is 5.00. The summed E-state index contributed by atoms with van der Waals surface area (Å²) in [7, 11) is 0. The minimum atomic E-state index is 0.274. The summed E-state index contributed by atoms with van der Waals surface area (Å²) >= 11 is 5.30. The molecule has 0 aliphatic heterocycles. The predicted octanol–water partition coefficient (Wildman–Crippen LogP) is 3.67. The Morgan fingerprint density at radius 2 is 2.00 bits per heavy atom. The second-order valence-electron chi connectivity index (χ2n) is 4.18. The number of nitrogens with two attached hydrogens (primary N) is 1. The van der Waals surface area contributed by atoms with Crippen molar-refractivity contribution in [3.8, 4) is 0 Å². The highest BCUT2D eigenvalue weighted by atomic mass is 79.9. The highest BCUT2D eigenvalue weighted by Gasteiger charge is 2.18. The fourth-order valence-corrected chi connectivity index (χ4v) is 3.28. The maximum absolute atomic E-state index is 5.99. The molecule has 0 saturated carbocycles. The Hall–Kier alpha value is 0.140. The van der Waals surface area contributed by atoms with E-state index >= 15 is 0 Å². The third-order valence-electron chi connectivity index (χ3n) is 2.60. The quantitative estimate of drug-likeness (QED) is 0.892. The smallest absolute Gasteiger partial charge is 0.0701 e. The molecule has 1 nitrogen and oxygen atoms in total. The van der Waals surface area contributed by atoms with Gasteiger partial charge in [0, 0.05) is 10.9 Å². The molecule has 1 rings (SSSR count). The van der Waals surface area contributed by atoms with Gasteiger partial charge in [-0.3, -0.25) is 0 Å². The Labute approximate surface area is 98.8 Å². The number of hydrogen-bond acceptors (Lipinski definition) is 2. The predicted molar refractivity (Wildman–Crippen MR) is 67.7 cm³/mol. The largest absolute Gasteiger partial charge is 0.328 e. The van der Waals surface area contributed by atoms with Gasteiger partial charge in [0.1, 0.15) is 0 Å². The first-order chi connectivity index (χ1) is 6.50. The molecule has 1 aromatic heterocycles. The maximum atomic E-state index is 5.99. The van der Waals surface area contributed by atoms with E-state index in [2.05, 4.69) is 48.8 Å². The summed E-state index contributed by atoms with van der Waals surface area (Å²) in [4.78, 5) is 1.42. The van der Waals surface area contributed by atoms with Crippen LogP contribution in [0.25, 0.3) is 0 Å². The molecule has 14 heavy (non-hydrogen) atoms. The molecular formula is C11H18BrNS. The van der Waals surface area contributed by atoms with Crippen molar-refractivity contribution >= 4 is 27.3 Å². The molecule has 0 spiro atoms. The van der Waals surface area contributed by atoms with E-state index < -0.39 is 0 Å². The van der Waals surface area contributed by atoms with Crippen LogP contribution >= 0.6 is 27.3 Å². The van der Waals surface area contributed by atoms with Crippen LogP contribution in [0.15, 0.2) is 15.9 Å². The third kappa shape index (κ3) is 3.37.